The summed E-state index contributed by atoms with van der Waals surface area (Å²) >= 11 is 0. The Balaban J connectivity index is 2.38. The minimum absolute atomic E-state index is 0.0264. The quantitative estimate of drug-likeness (QED) is 0.581. The summed E-state index contributed by atoms with van der Waals surface area (Å²) in [5, 5.41) is 2.42. The van der Waals surface area contributed by atoms with E-state index in [1.165, 1.54) is 18.2 Å². The summed E-state index contributed by atoms with van der Waals surface area (Å²) in [6.45, 7) is 0. The Morgan fingerprint density at radius 1 is 0.944 bits per heavy atom. The topological polar surface area (TPSA) is 63.0 Å². The average Bonchev–Trinajstić information content (AvgIpc) is 2.35. The van der Waals surface area contributed by atoms with Gasteiger partial charge in [0, 0.05) is 6.07 Å². The van der Waals surface area contributed by atoms with Gasteiger partial charge in [0.05, 0.1) is 5.69 Å². The number of halogens is 3. The molecule has 0 aliphatic heterocycles. The highest BCUT2D eigenvalue weighted by molar-refractivity contribution is 5.59. The maximum atomic E-state index is 13.4. The van der Waals surface area contributed by atoms with Gasteiger partial charge < -0.3 is 10.7 Å². The zero-order valence-electron chi connectivity index (χ0n) is 9.05. The van der Waals surface area contributed by atoms with Crippen molar-refractivity contribution in [2.75, 3.05) is 10.7 Å². The number of para-hydroxylation sites is 1. The Hall–Kier alpha value is -2.28. The minimum Gasteiger partial charge on any atom is -0.335 e. The first-order chi connectivity index (χ1) is 8.61. The fraction of sp³-hybridized carbons (Fsp3) is 0. The number of aromatic nitrogens is 1. The molecule has 0 spiro atoms. The van der Waals surface area contributed by atoms with E-state index in [4.69, 9.17) is 5.84 Å². The van der Waals surface area contributed by atoms with E-state index in [1.807, 2.05) is 5.43 Å². The van der Waals surface area contributed by atoms with Crippen LogP contribution in [0.2, 0.25) is 0 Å². The first-order valence-corrected chi connectivity index (χ1v) is 4.96. The van der Waals surface area contributed by atoms with Crippen LogP contribution in [0, 0.1) is 17.5 Å². The SMILES string of the molecule is NNc1nc(Nc2ccccc2F)c(F)cc1F. The van der Waals surface area contributed by atoms with Crippen molar-refractivity contribution < 1.29 is 13.2 Å². The third-order valence-corrected chi connectivity index (χ3v) is 2.19. The maximum absolute atomic E-state index is 13.4. The molecule has 1 aromatic carbocycles. The summed E-state index contributed by atoms with van der Waals surface area (Å²) in [6.07, 6.45) is 0. The van der Waals surface area contributed by atoms with Gasteiger partial charge in [0.2, 0.25) is 0 Å². The monoisotopic (exact) mass is 254 g/mol. The van der Waals surface area contributed by atoms with Gasteiger partial charge in [-0.2, -0.15) is 0 Å². The molecule has 0 atom stereocenters. The number of benzene rings is 1. The molecule has 18 heavy (non-hydrogen) atoms. The van der Waals surface area contributed by atoms with Crippen LogP contribution < -0.4 is 16.6 Å². The predicted octanol–water partition coefficient (Wildman–Crippen LogP) is 2.53. The highest BCUT2D eigenvalue weighted by Crippen LogP contribution is 2.23. The van der Waals surface area contributed by atoms with Crippen LogP contribution in [0.3, 0.4) is 0 Å². The first kappa shape index (κ1) is 12.2. The van der Waals surface area contributed by atoms with Crippen LogP contribution in [0.15, 0.2) is 30.3 Å². The van der Waals surface area contributed by atoms with Gasteiger partial charge in [-0.15, -0.1) is 0 Å². The maximum Gasteiger partial charge on any atom is 0.178 e. The number of nitrogens with one attached hydrogen (secondary N) is 2. The summed E-state index contributed by atoms with van der Waals surface area (Å²) in [5.74, 6) is 1.89. The highest BCUT2D eigenvalue weighted by Gasteiger charge is 2.12. The van der Waals surface area contributed by atoms with Crippen molar-refractivity contribution in [2.24, 2.45) is 5.84 Å². The molecule has 0 unspecified atom stereocenters. The van der Waals surface area contributed by atoms with E-state index in [2.05, 4.69) is 10.3 Å². The molecule has 0 aliphatic carbocycles. The molecule has 0 radical (unpaired) electrons. The highest BCUT2D eigenvalue weighted by atomic mass is 19.1. The zero-order chi connectivity index (χ0) is 13.1. The van der Waals surface area contributed by atoms with Gasteiger partial charge in [-0.3, -0.25) is 0 Å². The summed E-state index contributed by atoms with van der Waals surface area (Å²) in [4.78, 5) is 3.56. The predicted molar refractivity (Wildman–Crippen MR) is 61.6 cm³/mol. The fourth-order valence-corrected chi connectivity index (χ4v) is 1.35. The molecule has 0 aliphatic rings. The largest absolute Gasteiger partial charge is 0.335 e. The van der Waals surface area contributed by atoms with Crippen LogP contribution in [0.25, 0.3) is 0 Å². The van der Waals surface area contributed by atoms with Gasteiger partial charge in [0.15, 0.2) is 23.3 Å². The third-order valence-electron chi connectivity index (χ3n) is 2.19. The fourth-order valence-electron chi connectivity index (χ4n) is 1.35. The molecule has 2 rings (SSSR count). The molecule has 0 fully saturated rings. The number of hydrogen-bond acceptors (Lipinski definition) is 4. The lowest BCUT2D eigenvalue weighted by atomic mass is 10.3. The van der Waals surface area contributed by atoms with E-state index in [-0.39, 0.29) is 17.3 Å². The van der Waals surface area contributed by atoms with Crippen LogP contribution in [-0.2, 0) is 0 Å². The Morgan fingerprint density at radius 2 is 1.61 bits per heavy atom. The number of nitrogens with zero attached hydrogens (tertiary/aromatic N) is 1. The molecule has 4 nitrogen and oxygen atoms in total. The molecule has 2 aromatic rings. The third kappa shape index (κ3) is 2.35. The Bertz CT molecular complexity index is 574. The number of nitrogens with two attached hydrogens (primary N) is 1. The lowest BCUT2D eigenvalue weighted by molar-refractivity contribution is 0.579. The molecule has 0 saturated carbocycles. The normalized spacial score (nSPS) is 10.2. The number of nitrogen functional groups attached to an aromatic ring is 1. The molecule has 4 N–H and O–H groups in total. The minimum atomic E-state index is -0.949. The smallest absolute Gasteiger partial charge is 0.178 e. The molecule has 0 amide bonds. The number of hydrogen-bond donors (Lipinski definition) is 3. The van der Waals surface area contributed by atoms with E-state index in [0.29, 0.717) is 6.07 Å². The van der Waals surface area contributed by atoms with E-state index >= 15 is 0 Å². The average molecular weight is 254 g/mol. The Labute approximate surface area is 101 Å². The molecule has 1 aromatic heterocycles. The number of rotatable bonds is 3. The van der Waals surface area contributed by atoms with Gasteiger partial charge in [-0.1, -0.05) is 12.1 Å². The standard InChI is InChI=1S/C11H9F3N4/c12-6-3-1-2-4-9(6)16-10-7(13)5-8(14)11(17-10)18-15/h1-5H,15H2,(H2,16,17,18). The molecule has 0 bridgehead atoms. The van der Waals surface area contributed by atoms with Gasteiger partial charge >= 0.3 is 0 Å². The second-order valence-corrected chi connectivity index (χ2v) is 3.40. The Kier molecular flexibility index (Phi) is 3.33. The van der Waals surface area contributed by atoms with Gasteiger partial charge in [0.25, 0.3) is 0 Å². The summed E-state index contributed by atoms with van der Waals surface area (Å²) in [5.41, 5.74) is 2.00. The van der Waals surface area contributed by atoms with Crippen molar-refractivity contribution >= 4 is 17.3 Å². The molecule has 7 heteroatoms. The van der Waals surface area contributed by atoms with Crippen molar-refractivity contribution in [3.63, 3.8) is 0 Å². The van der Waals surface area contributed by atoms with Gasteiger partial charge in [-0.25, -0.2) is 24.0 Å². The van der Waals surface area contributed by atoms with E-state index < -0.39 is 17.5 Å². The van der Waals surface area contributed by atoms with Crippen LogP contribution in [0.5, 0.6) is 0 Å². The van der Waals surface area contributed by atoms with Crippen LogP contribution in [0.1, 0.15) is 0 Å². The van der Waals surface area contributed by atoms with Crippen LogP contribution in [0.4, 0.5) is 30.5 Å². The molecule has 1 heterocycles. The van der Waals surface area contributed by atoms with E-state index in [1.54, 1.807) is 6.07 Å². The summed E-state index contributed by atoms with van der Waals surface area (Å²) < 4.78 is 39.9. The lowest BCUT2D eigenvalue weighted by Gasteiger charge is -2.09. The summed E-state index contributed by atoms with van der Waals surface area (Å²) in [6, 6.07) is 6.25. The Morgan fingerprint density at radius 3 is 2.28 bits per heavy atom. The van der Waals surface area contributed by atoms with E-state index in [0.717, 1.165) is 0 Å². The van der Waals surface area contributed by atoms with Crippen LogP contribution in [-0.4, -0.2) is 4.98 Å². The van der Waals surface area contributed by atoms with Crippen molar-refractivity contribution in [2.45, 2.75) is 0 Å². The van der Waals surface area contributed by atoms with E-state index in [9.17, 15) is 13.2 Å². The van der Waals surface area contributed by atoms with Gasteiger partial charge in [0.1, 0.15) is 5.82 Å². The van der Waals surface area contributed by atoms with Crippen LogP contribution >= 0.6 is 0 Å². The van der Waals surface area contributed by atoms with Crippen molar-refractivity contribution in [3.8, 4) is 0 Å². The lowest BCUT2D eigenvalue weighted by Crippen LogP contribution is -2.12. The van der Waals surface area contributed by atoms with Gasteiger partial charge in [-0.05, 0) is 12.1 Å². The van der Waals surface area contributed by atoms with Crippen molar-refractivity contribution in [3.05, 3.63) is 47.8 Å². The zero-order valence-corrected chi connectivity index (χ0v) is 9.05. The first-order valence-electron chi connectivity index (χ1n) is 4.96. The second kappa shape index (κ2) is 4.92. The molecular weight excluding hydrogens is 245 g/mol. The van der Waals surface area contributed by atoms with Crippen molar-refractivity contribution in [1.82, 2.24) is 4.98 Å². The number of anilines is 3. The van der Waals surface area contributed by atoms with Crippen molar-refractivity contribution in [1.29, 1.82) is 0 Å². The molecule has 94 valence electrons. The molecular formula is C11H9F3N4. The number of hydrazine groups is 1. The summed E-state index contributed by atoms with van der Waals surface area (Å²) in [7, 11) is 0. The second-order valence-electron chi connectivity index (χ2n) is 3.40. The molecule has 0 saturated heterocycles. The number of pyridine rings is 1.